The van der Waals surface area contributed by atoms with E-state index in [1.165, 1.54) is 0 Å². The Morgan fingerprint density at radius 3 is 2.81 bits per heavy atom. The number of anilines is 1. The van der Waals surface area contributed by atoms with E-state index in [2.05, 4.69) is 20.2 Å². The van der Waals surface area contributed by atoms with E-state index >= 15 is 0 Å². The van der Waals surface area contributed by atoms with Crippen LogP contribution in [0, 0.1) is 5.92 Å². The van der Waals surface area contributed by atoms with Gasteiger partial charge in [0, 0.05) is 32.4 Å². The van der Waals surface area contributed by atoms with Crippen molar-refractivity contribution in [3.63, 3.8) is 0 Å². The molecular weight excluding hydrogens is 416 g/mol. The molecule has 9 nitrogen and oxygen atoms in total. The van der Waals surface area contributed by atoms with E-state index < -0.39 is 11.6 Å². The Morgan fingerprint density at radius 2 is 2.06 bits per heavy atom. The highest BCUT2D eigenvalue weighted by molar-refractivity contribution is 7.21. The Labute approximate surface area is 184 Å². The largest absolute Gasteiger partial charge is 0.344 e. The third-order valence-corrected chi connectivity index (χ3v) is 7.89. The van der Waals surface area contributed by atoms with Crippen LogP contribution in [0.15, 0.2) is 18.3 Å². The number of carbonyl (C=O) groups is 3. The number of hydrogen-bond acceptors (Lipinski definition) is 7. The van der Waals surface area contributed by atoms with Gasteiger partial charge in [0.1, 0.15) is 22.4 Å². The fourth-order valence-corrected chi connectivity index (χ4v) is 5.88. The number of aromatic nitrogens is 2. The highest BCUT2D eigenvalue weighted by atomic mass is 32.1. The molecule has 0 aromatic carbocycles. The SMILES string of the molecule is CC1CCCCC12NC(=O)N(CC(=O)N1CCN(c3nc4cccnc4s3)CC1)C2=O. The lowest BCUT2D eigenvalue weighted by Crippen LogP contribution is -2.54. The molecule has 1 spiro atoms. The first-order chi connectivity index (χ1) is 15.0. The molecule has 2 aliphatic heterocycles. The molecule has 3 fully saturated rings. The Morgan fingerprint density at radius 1 is 1.26 bits per heavy atom. The van der Waals surface area contributed by atoms with Crippen molar-refractivity contribution in [3.8, 4) is 0 Å². The summed E-state index contributed by atoms with van der Waals surface area (Å²) < 4.78 is 0. The number of rotatable bonds is 3. The summed E-state index contributed by atoms with van der Waals surface area (Å²) in [6, 6.07) is 3.38. The molecule has 2 unspecified atom stereocenters. The quantitative estimate of drug-likeness (QED) is 0.729. The number of nitrogens with zero attached hydrogens (tertiary/aromatic N) is 5. The van der Waals surface area contributed by atoms with Gasteiger partial charge < -0.3 is 15.1 Å². The predicted molar refractivity (Wildman–Crippen MR) is 117 cm³/mol. The Kier molecular flexibility index (Phi) is 5.04. The first-order valence-electron chi connectivity index (χ1n) is 10.9. The van der Waals surface area contributed by atoms with E-state index in [0.717, 1.165) is 39.6 Å². The zero-order chi connectivity index (χ0) is 21.6. The van der Waals surface area contributed by atoms with Gasteiger partial charge in [0.15, 0.2) is 5.13 Å². The molecule has 4 amide bonds. The number of amides is 4. The average molecular weight is 443 g/mol. The van der Waals surface area contributed by atoms with Gasteiger partial charge in [-0.3, -0.25) is 14.5 Å². The van der Waals surface area contributed by atoms with Crippen LogP contribution in [0.2, 0.25) is 0 Å². The predicted octanol–water partition coefficient (Wildman–Crippen LogP) is 1.84. The first kappa shape index (κ1) is 20.2. The number of carbonyl (C=O) groups excluding carboxylic acids is 3. The standard InChI is InChI=1S/C21H26N6O3S/c1-14-5-2-3-7-21(14)18(29)27(19(30)24-21)13-16(28)25-9-11-26(12-10-25)20-23-15-6-4-8-22-17(15)31-20/h4,6,8,14H,2-3,5,7,9-13H2,1H3,(H,24,30). The molecule has 2 atom stereocenters. The van der Waals surface area contributed by atoms with Crippen LogP contribution in [0.25, 0.3) is 10.3 Å². The molecule has 1 N–H and O–H groups in total. The molecule has 0 bridgehead atoms. The second-order valence-corrected chi connectivity index (χ2v) is 9.59. The van der Waals surface area contributed by atoms with Crippen LogP contribution < -0.4 is 10.2 Å². The normalized spacial score (nSPS) is 26.7. The smallest absolute Gasteiger partial charge is 0.325 e. The van der Waals surface area contributed by atoms with Gasteiger partial charge in [-0.1, -0.05) is 31.1 Å². The monoisotopic (exact) mass is 442 g/mol. The average Bonchev–Trinajstić information content (AvgIpc) is 3.31. The Bertz CT molecular complexity index is 1000. The van der Waals surface area contributed by atoms with Crippen molar-refractivity contribution >= 4 is 44.7 Å². The molecule has 0 radical (unpaired) electrons. The van der Waals surface area contributed by atoms with E-state index in [0.29, 0.717) is 32.6 Å². The van der Waals surface area contributed by atoms with Crippen LogP contribution in [0.5, 0.6) is 0 Å². The summed E-state index contributed by atoms with van der Waals surface area (Å²) in [6.45, 7) is 4.21. The number of piperazine rings is 1. The lowest BCUT2D eigenvalue weighted by atomic mass is 9.73. The molecule has 2 aromatic heterocycles. The van der Waals surface area contributed by atoms with Crippen molar-refractivity contribution < 1.29 is 14.4 Å². The van der Waals surface area contributed by atoms with E-state index in [-0.39, 0.29) is 24.3 Å². The number of hydrogen-bond donors (Lipinski definition) is 1. The maximum atomic E-state index is 13.1. The molecule has 2 aromatic rings. The molecule has 3 aliphatic rings. The summed E-state index contributed by atoms with van der Waals surface area (Å²) in [4.78, 5) is 53.4. The van der Waals surface area contributed by atoms with Gasteiger partial charge in [0.2, 0.25) is 5.91 Å². The third kappa shape index (κ3) is 3.42. The van der Waals surface area contributed by atoms with Gasteiger partial charge >= 0.3 is 6.03 Å². The van der Waals surface area contributed by atoms with Gasteiger partial charge in [0.05, 0.1) is 0 Å². The highest BCUT2D eigenvalue weighted by Crippen LogP contribution is 2.38. The van der Waals surface area contributed by atoms with Gasteiger partial charge in [-0.2, -0.15) is 0 Å². The lowest BCUT2D eigenvalue weighted by molar-refractivity contribution is -0.140. The minimum absolute atomic E-state index is 0.0876. The van der Waals surface area contributed by atoms with Crippen molar-refractivity contribution in [1.29, 1.82) is 0 Å². The van der Waals surface area contributed by atoms with Gasteiger partial charge in [-0.15, -0.1) is 0 Å². The molecule has 4 heterocycles. The van der Waals surface area contributed by atoms with Gasteiger partial charge in [-0.25, -0.2) is 14.8 Å². The van der Waals surface area contributed by atoms with Crippen molar-refractivity contribution in [1.82, 2.24) is 25.1 Å². The van der Waals surface area contributed by atoms with E-state index in [1.807, 2.05) is 19.1 Å². The lowest BCUT2D eigenvalue weighted by Gasteiger charge is -2.37. The van der Waals surface area contributed by atoms with Crippen LogP contribution >= 0.6 is 11.3 Å². The van der Waals surface area contributed by atoms with Crippen LogP contribution in [-0.2, 0) is 9.59 Å². The zero-order valence-corrected chi connectivity index (χ0v) is 18.4. The summed E-state index contributed by atoms with van der Waals surface area (Å²) in [7, 11) is 0. The molecule has 10 heteroatoms. The summed E-state index contributed by atoms with van der Waals surface area (Å²) in [5, 5.41) is 3.82. The summed E-state index contributed by atoms with van der Waals surface area (Å²) >= 11 is 1.55. The number of pyridine rings is 1. The minimum atomic E-state index is -0.824. The van der Waals surface area contributed by atoms with Crippen molar-refractivity contribution in [2.75, 3.05) is 37.6 Å². The van der Waals surface area contributed by atoms with Crippen LogP contribution in [0.3, 0.4) is 0 Å². The van der Waals surface area contributed by atoms with Crippen molar-refractivity contribution in [3.05, 3.63) is 18.3 Å². The summed E-state index contributed by atoms with van der Waals surface area (Å²) in [5.74, 6) is -0.335. The molecule has 1 aliphatic carbocycles. The van der Waals surface area contributed by atoms with E-state index in [9.17, 15) is 14.4 Å². The number of fused-ring (bicyclic) bond motifs is 1. The fourth-order valence-electron chi connectivity index (χ4n) is 4.92. The second-order valence-electron chi connectivity index (χ2n) is 8.63. The summed E-state index contributed by atoms with van der Waals surface area (Å²) in [6.07, 6.45) is 5.31. The topological polar surface area (TPSA) is 98.7 Å². The number of urea groups is 1. The molecule has 31 heavy (non-hydrogen) atoms. The zero-order valence-electron chi connectivity index (χ0n) is 17.5. The molecule has 5 rings (SSSR count). The minimum Gasteiger partial charge on any atom is -0.344 e. The van der Waals surface area contributed by atoms with Crippen molar-refractivity contribution in [2.24, 2.45) is 5.92 Å². The Balaban J connectivity index is 1.21. The van der Waals surface area contributed by atoms with Gasteiger partial charge in [-0.05, 0) is 30.9 Å². The van der Waals surface area contributed by atoms with E-state index in [1.54, 1.807) is 22.4 Å². The maximum absolute atomic E-state index is 13.1. The molecule has 1 saturated carbocycles. The maximum Gasteiger partial charge on any atom is 0.325 e. The molecule has 2 saturated heterocycles. The van der Waals surface area contributed by atoms with Gasteiger partial charge in [0.25, 0.3) is 5.91 Å². The first-order valence-corrected chi connectivity index (χ1v) is 11.7. The van der Waals surface area contributed by atoms with Crippen LogP contribution in [-0.4, -0.2) is 75.9 Å². The number of imide groups is 1. The number of nitrogens with one attached hydrogen (secondary N) is 1. The second kappa shape index (κ2) is 7.74. The van der Waals surface area contributed by atoms with Crippen LogP contribution in [0.4, 0.5) is 9.93 Å². The van der Waals surface area contributed by atoms with Crippen molar-refractivity contribution in [2.45, 2.75) is 38.1 Å². The Hall–Kier alpha value is -2.75. The summed E-state index contributed by atoms with van der Waals surface area (Å²) in [5.41, 5.74) is 0.0558. The molecular formula is C21H26N6O3S. The fraction of sp³-hybridized carbons (Fsp3) is 0.571. The van der Waals surface area contributed by atoms with Crippen LogP contribution in [0.1, 0.15) is 32.6 Å². The van der Waals surface area contributed by atoms with E-state index in [4.69, 9.17) is 0 Å². The third-order valence-electron chi connectivity index (χ3n) is 6.85. The molecule has 164 valence electrons. The highest BCUT2D eigenvalue weighted by Gasteiger charge is 2.55. The number of thiazole rings is 1.